The number of ether oxygens (including phenoxy) is 2. The first-order chi connectivity index (χ1) is 9.19. The van der Waals surface area contributed by atoms with Crippen LogP contribution in [0.4, 0.5) is 5.69 Å². The number of hydrogen-bond acceptors (Lipinski definition) is 3. The summed E-state index contributed by atoms with van der Waals surface area (Å²) in [6.07, 6.45) is 3.85. The molecule has 0 atom stereocenters. The van der Waals surface area contributed by atoms with Crippen molar-refractivity contribution in [3.8, 4) is 0 Å². The largest absolute Gasteiger partial charge is 0.380 e. The van der Waals surface area contributed by atoms with Crippen molar-refractivity contribution in [3.63, 3.8) is 0 Å². The lowest BCUT2D eigenvalue weighted by Gasteiger charge is -2.36. The summed E-state index contributed by atoms with van der Waals surface area (Å²) in [7, 11) is 0. The van der Waals surface area contributed by atoms with E-state index in [4.69, 9.17) is 32.7 Å². The molecular weight excluding hydrogens is 285 g/mol. The lowest BCUT2D eigenvalue weighted by molar-refractivity contribution is -0.177. The minimum atomic E-state index is -0.317. The number of benzene rings is 1. The van der Waals surface area contributed by atoms with E-state index >= 15 is 0 Å². The summed E-state index contributed by atoms with van der Waals surface area (Å²) in [5.74, 6) is -0.317. The Hall–Kier alpha value is -0.480. The molecular formula is C14H17Cl2NO2. The number of para-hydroxylation sites is 1. The van der Waals surface area contributed by atoms with Gasteiger partial charge in [0.1, 0.15) is 0 Å². The van der Waals surface area contributed by atoms with E-state index in [2.05, 4.69) is 5.32 Å². The molecule has 5 heteroatoms. The molecule has 0 bridgehead atoms. The molecule has 1 saturated heterocycles. The second-order valence-electron chi connectivity index (χ2n) is 5.12. The van der Waals surface area contributed by atoms with Gasteiger partial charge in [0.15, 0.2) is 5.79 Å². The van der Waals surface area contributed by atoms with Gasteiger partial charge in [-0.05, 0) is 25.0 Å². The first-order valence-electron chi connectivity index (χ1n) is 6.67. The monoisotopic (exact) mass is 301 g/mol. The van der Waals surface area contributed by atoms with Gasteiger partial charge < -0.3 is 14.8 Å². The van der Waals surface area contributed by atoms with Crippen LogP contribution in [-0.4, -0.2) is 25.0 Å². The molecule has 1 spiro atoms. The van der Waals surface area contributed by atoms with Crippen molar-refractivity contribution < 1.29 is 9.47 Å². The van der Waals surface area contributed by atoms with Crippen LogP contribution in [0.15, 0.2) is 18.2 Å². The number of rotatable bonds is 2. The van der Waals surface area contributed by atoms with Gasteiger partial charge in [0.05, 0.1) is 28.9 Å². The Labute approximate surface area is 123 Å². The van der Waals surface area contributed by atoms with Gasteiger partial charge >= 0.3 is 0 Å². The number of nitrogens with one attached hydrogen (secondary N) is 1. The van der Waals surface area contributed by atoms with Gasteiger partial charge in [-0.25, -0.2) is 0 Å². The fraction of sp³-hybridized carbons (Fsp3) is 0.571. The number of halogens is 2. The van der Waals surface area contributed by atoms with Gasteiger partial charge in [-0.15, -0.1) is 0 Å². The third kappa shape index (κ3) is 2.84. The minimum Gasteiger partial charge on any atom is -0.380 e. The summed E-state index contributed by atoms with van der Waals surface area (Å²) >= 11 is 12.3. The molecule has 3 rings (SSSR count). The molecule has 1 aromatic rings. The molecule has 2 aliphatic rings. The van der Waals surface area contributed by atoms with E-state index in [9.17, 15) is 0 Å². The van der Waals surface area contributed by atoms with Crippen LogP contribution >= 0.6 is 23.2 Å². The highest BCUT2D eigenvalue weighted by Gasteiger charge is 2.40. The van der Waals surface area contributed by atoms with Crippen molar-refractivity contribution in [3.05, 3.63) is 28.2 Å². The van der Waals surface area contributed by atoms with E-state index < -0.39 is 0 Å². The second-order valence-corrected chi connectivity index (χ2v) is 5.94. The van der Waals surface area contributed by atoms with Crippen LogP contribution < -0.4 is 5.32 Å². The van der Waals surface area contributed by atoms with E-state index in [-0.39, 0.29) is 5.79 Å². The average Bonchev–Trinajstić information content (AvgIpc) is 2.85. The van der Waals surface area contributed by atoms with Crippen LogP contribution in [0, 0.1) is 0 Å². The zero-order chi connectivity index (χ0) is 13.3. The average molecular weight is 302 g/mol. The van der Waals surface area contributed by atoms with Crippen LogP contribution in [0.3, 0.4) is 0 Å². The number of hydrogen-bond donors (Lipinski definition) is 1. The third-order valence-corrected chi connectivity index (χ3v) is 4.50. The standard InChI is InChI=1S/C14H17Cl2NO2/c15-11-2-1-3-12(16)13(11)17-10-4-6-14(7-5-10)18-8-9-19-14/h1-3,10,17H,4-9H2. The molecule has 1 heterocycles. The molecule has 1 N–H and O–H groups in total. The molecule has 1 aromatic carbocycles. The summed E-state index contributed by atoms with van der Waals surface area (Å²) in [6, 6.07) is 5.93. The van der Waals surface area contributed by atoms with E-state index in [1.807, 2.05) is 18.2 Å². The first-order valence-corrected chi connectivity index (χ1v) is 7.43. The highest BCUT2D eigenvalue weighted by atomic mass is 35.5. The highest BCUT2D eigenvalue weighted by molar-refractivity contribution is 6.39. The van der Waals surface area contributed by atoms with Crippen LogP contribution in [-0.2, 0) is 9.47 Å². The Kier molecular flexibility index (Phi) is 3.90. The minimum absolute atomic E-state index is 0.317. The Balaban J connectivity index is 1.63. The van der Waals surface area contributed by atoms with Gasteiger partial charge in [0.25, 0.3) is 0 Å². The predicted octanol–water partition coefficient (Wildman–Crippen LogP) is 4.09. The number of anilines is 1. The normalized spacial score (nSPS) is 22.8. The van der Waals surface area contributed by atoms with Gasteiger partial charge in [-0.2, -0.15) is 0 Å². The fourth-order valence-corrected chi connectivity index (χ4v) is 3.33. The first kappa shape index (κ1) is 13.5. The summed E-state index contributed by atoms with van der Waals surface area (Å²) in [5, 5.41) is 4.78. The topological polar surface area (TPSA) is 30.5 Å². The smallest absolute Gasteiger partial charge is 0.168 e. The maximum absolute atomic E-state index is 6.17. The van der Waals surface area contributed by atoms with Crippen LogP contribution in [0.1, 0.15) is 25.7 Å². The molecule has 0 amide bonds. The zero-order valence-corrected chi connectivity index (χ0v) is 12.1. The molecule has 3 nitrogen and oxygen atoms in total. The van der Waals surface area contributed by atoms with Gasteiger partial charge in [0.2, 0.25) is 0 Å². The summed E-state index contributed by atoms with van der Waals surface area (Å²) in [4.78, 5) is 0. The molecule has 1 saturated carbocycles. The highest BCUT2D eigenvalue weighted by Crippen LogP contribution is 2.38. The van der Waals surface area contributed by atoms with Gasteiger partial charge in [0, 0.05) is 18.9 Å². The SMILES string of the molecule is Clc1cccc(Cl)c1NC1CCC2(CC1)OCCO2. The predicted molar refractivity (Wildman–Crippen MR) is 77.0 cm³/mol. The van der Waals surface area contributed by atoms with E-state index in [1.54, 1.807) is 0 Å². The summed E-state index contributed by atoms with van der Waals surface area (Å²) in [6.45, 7) is 1.43. The zero-order valence-electron chi connectivity index (χ0n) is 10.6. The molecule has 0 radical (unpaired) electrons. The second kappa shape index (κ2) is 5.49. The molecule has 1 aliphatic heterocycles. The quantitative estimate of drug-likeness (QED) is 0.892. The Morgan fingerprint density at radius 3 is 2.21 bits per heavy atom. The van der Waals surface area contributed by atoms with Gasteiger partial charge in [-0.3, -0.25) is 0 Å². The van der Waals surface area contributed by atoms with Crippen molar-refractivity contribution in [1.29, 1.82) is 0 Å². The van der Waals surface area contributed by atoms with Crippen LogP contribution in [0.5, 0.6) is 0 Å². The summed E-state index contributed by atoms with van der Waals surface area (Å²) in [5.41, 5.74) is 0.833. The van der Waals surface area contributed by atoms with Crippen molar-refractivity contribution in [2.45, 2.75) is 37.5 Å². The van der Waals surface area contributed by atoms with Crippen LogP contribution in [0.2, 0.25) is 10.0 Å². The Morgan fingerprint density at radius 1 is 1.05 bits per heavy atom. The lowest BCUT2D eigenvalue weighted by atomic mass is 9.90. The fourth-order valence-electron chi connectivity index (χ4n) is 2.83. The van der Waals surface area contributed by atoms with Crippen molar-refractivity contribution in [1.82, 2.24) is 0 Å². The maximum atomic E-state index is 6.17. The lowest BCUT2D eigenvalue weighted by Crippen LogP contribution is -2.39. The molecule has 2 fully saturated rings. The molecule has 0 unspecified atom stereocenters. The summed E-state index contributed by atoms with van der Waals surface area (Å²) < 4.78 is 11.5. The Bertz CT molecular complexity index is 431. The van der Waals surface area contributed by atoms with Crippen LogP contribution in [0.25, 0.3) is 0 Å². The third-order valence-electron chi connectivity index (χ3n) is 3.87. The van der Waals surface area contributed by atoms with E-state index in [0.29, 0.717) is 29.3 Å². The van der Waals surface area contributed by atoms with Crippen molar-refractivity contribution in [2.24, 2.45) is 0 Å². The molecule has 104 valence electrons. The van der Waals surface area contributed by atoms with Crippen molar-refractivity contribution >= 4 is 28.9 Å². The van der Waals surface area contributed by atoms with Crippen molar-refractivity contribution in [2.75, 3.05) is 18.5 Å². The molecule has 1 aliphatic carbocycles. The Morgan fingerprint density at radius 2 is 1.63 bits per heavy atom. The van der Waals surface area contributed by atoms with E-state index in [0.717, 1.165) is 31.4 Å². The molecule has 19 heavy (non-hydrogen) atoms. The van der Waals surface area contributed by atoms with E-state index in [1.165, 1.54) is 0 Å². The van der Waals surface area contributed by atoms with Gasteiger partial charge in [-0.1, -0.05) is 29.3 Å². The maximum Gasteiger partial charge on any atom is 0.168 e. The molecule has 0 aromatic heterocycles.